The van der Waals surface area contributed by atoms with Gasteiger partial charge >= 0.3 is 5.97 Å². The molecule has 0 unspecified atom stereocenters. The molecule has 1 aliphatic rings. The van der Waals surface area contributed by atoms with Gasteiger partial charge < -0.3 is 14.5 Å². The van der Waals surface area contributed by atoms with Crippen LogP contribution in [0.4, 0.5) is 0 Å². The summed E-state index contributed by atoms with van der Waals surface area (Å²) in [6.45, 7) is 1.30. The van der Waals surface area contributed by atoms with Crippen molar-refractivity contribution < 1.29 is 14.3 Å². The van der Waals surface area contributed by atoms with Crippen LogP contribution in [0.3, 0.4) is 0 Å². The minimum atomic E-state index is -0.551. The second-order valence-corrected chi connectivity index (χ2v) is 4.86. The highest BCUT2D eigenvalue weighted by Crippen LogP contribution is 2.24. The number of pyridine rings is 1. The highest BCUT2D eigenvalue weighted by atomic mass is 16.5. The van der Waals surface area contributed by atoms with E-state index in [1.54, 1.807) is 6.07 Å². The van der Waals surface area contributed by atoms with Crippen LogP contribution in [0.25, 0.3) is 16.3 Å². The van der Waals surface area contributed by atoms with Crippen molar-refractivity contribution in [2.45, 2.75) is 6.42 Å². The largest absolute Gasteiger partial charge is 0.464 e. The molecule has 5 heteroatoms. The van der Waals surface area contributed by atoms with E-state index in [1.807, 2.05) is 24.3 Å². The van der Waals surface area contributed by atoms with Crippen molar-refractivity contribution in [2.24, 2.45) is 0 Å². The fourth-order valence-corrected chi connectivity index (χ4v) is 2.47. The van der Waals surface area contributed by atoms with E-state index in [9.17, 15) is 9.59 Å². The van der Waals surface area contributed by atoms with Crippen LogP contribution < -0.4 is 5.56 Å². The van der Waals surface area contributed by atoms with Crippen molar-refractivity contribution in [3.8, 4) is 0 Å². The average Bonchev–Trinajstić information content (AvgIpc) is 2.54. The second kappa shape index (κ2) is 5.54. The van der Waals surface area contributed by atoms with Crippen LogP contribution in [0, 0.1) is 0 Å². The zero-order valence-corrected chi connectivity index (χ0v) is 11.6. The minimum absolute atomic E-state index is 0.160. The Morgan fingerprint density at radius 1 is 1.33 bits per heavy atom. The highest BCUT2D eigenvalue weighted by Gasteiger charge is 2.12. The van der Waals surface area contributed by atoms with Gasteiger partial charge in [0.15, 0.2) is 0 Å². The maximum absolute atomic E-state index is 12.1. The van der Waals surface area contributed by atoms with Crippen molar-refractivity contribution in [1.29, 1.82) is 0 Å². The summed E-state index contributed by atoms with van der Waals surface area (Å²) in [7, 11) is 1.28. The summed E-state index contributed by atoms with van der Waals surface area (Å²) in [5.41, 5.74) is 2.07. The standard InChI is InChI=1S/C16H15NO4/c1-20-16(19)14-9-12-3-2-11(8-13(12)15(18)17-14)10-4-6-21-7-5-10/h2-4,8-9H,5-7H2,1H3,(H,17,18). The number of benzene rings is 1. The zero-order chi connectivity index (χ0) is 14.8. The van der Waals surface area contributed by atoms with E-state index in [4.69, 9.17) is 4.74 Å². The van der Waals surface area contributed by atoms with E-state index in [1.165, 1.54) is 12.7 Å². The molecule has 2 heterocycles. The third-order valence-electron chi connectivity index (χ3n) is 3.59. The molecular weight excluding hydrogens is 270 g/mol. The first-order valence-electron chi connectivity index (χ1n) is 6.71. The van der Waals surface area contributed by atoms with Crippen LogP contribution in [0.2, 0.25) is 0 Å². The van der Waals surface area contributed by atoms with Crippen LogP contribution in [0.5, 0.6) is 0 Å². The van der Waals surface area contributed by atoms with Gasteiger partial charge in [0.2, 0.25) is 0 Å². The van der Waals surface area contributed by atoms with Crippen LogP contribution in [-0.2, 0) is 9.47 Å². The lowest BCUT2D eigenvalue weighted by Gasteiger charge is -2.14. The number of nitrogens with one attached hydrogen (secondary N) is 1. The number of carbonyl (C=O) groups is 1. The molecule has 2 aromatic rings. The first kappa shape index (κ1) is 13.6. The average molecular weight is 285 g/mol. The molecule has 0 saturated heterocycles. The van der Waals surface area contributed by atoms with E-state index in [-0.39, 0.29) is 11.3 Å². The van der Waals surface area contributed by atoms with Crippen molar-refractivity contribution in [3.05, 3.63) is 52.0 Å². The number of aromatic nitrogens is 1. The summed E-state index contributed by atoms with van der Waals surface area (Å²) >= 11 is 0. The maximum Gasteiger partial charge on any atom is 0.354 e. The van der Waals surface area contributed by atoms with Crippen LogP contribution in [-0.4, -0.2) is 31.3 Å². The Kier molecular flexibility index (Phi) is 3.58. The van der Waals surface area contributed by atoms with Gasteiger partial charge in [0.1, 0.15) is 5.69 Å². The first-order valence-corrected chi connectivity index (χ1v) is 6.71. The number of fused-ring (bicyclic) bond motifs is 1. The lowest BCUT2D eigenvalue weighted by molar-refractivity contribution is 0.0594. The zero-order valence-electron chi connectivity index (χ0n) is 11.6. The van der Waals surface area contributed by atoms with Gasteiger partial charge in [0.05, 0.1) is 20.3 Å². The Hall–Kier alpha value is -2.40. The molecule has 0 aliphatic carbocycles. The molecule has 1 aromatic carbocycles. The number of carbonyl (C=O) groups excluding carboxylic acids is 1. The Labute approximate surface area is 121 Å². The van der Waals surface area contributed by atoms with E-state index in [2.05, 4.69) is 9.72 Å². The molecule has 0 radical (unpaired) electrons. The normalized spacial score (nSPS) is 14.8. The van der Waals surface area contributed by atoms with Crippen LogP contribution in [0.15, 0.2) is 35.1 Å². The van der Waals surface area contributed by atoms with Gasteiger partial charge in [0, 0.05) is 5.39 Å². The van der Waals surface area contributed by atoms with Gasteiger partial charge in [-0.3, -0.25) is 4.79 Å². The lowest BCUT2D eigenvalue weighted by atomic mass is 9.99. The molecule has 1 N–H and O–H groups in total. The number of rotatable bonds is 2. The molecule has 108 valence electrons. The predicted molar refractivity (Wildman–Crippen MR) is 79.3 cm³/mol. The topological polar surface area (TPSA) is 68.4 Å². The summed E-state index contributed by atoms with van der Waals surface area (Å²) in [6, 6.07) is 7.29. The van der Waals surface area contributed by atoms with Crippen molar-refractivity contribution >= 4 is 22.3 Å². The van der Waals surface area contributed by atoms with E-state index in [0.29, 0.717) is 18.6 Å². The van der Waals surface area contributed by atoms with Gasteiger partial charge in [-0.05, 0) is 35.1 Å². The van der Waals surface area contributed by atoms with E-state index >= 15 is 0 Å². The Balaban J connectivity index is 2.10. The Morgan fingerprint density at radius 2 is 2.19 bits per heavy atom. The number of hydrogen-bond acceptors (Lipinski definition) is 4. The summed E-state index contributed by atoms with van der Waals surface area (Å²) < 4.78 is 9.92. The van der Waals surface area contributed by atoms with Crippen molar-refractivity contribution in [3.63, 3.8) is 0 Å². The summed E-state index contributed by atoms with van der Waals surface area (Å²) in [5, 5.41) is 1.28. The molecule has 1 aromatic heterocycles. The number of hydrogen-bond donors (Lipinski definition) is 1. The summed E-state index contributed by atoms with van der Waals surface area (Å²) in [6.07, 6.45) is 2.87. The fourth-order valence-electron chi connectivity index (χ4n) is 2.47. The molecule has 0 amide bonds. The molecule has 1 aliphatic heterocycles. The molecule has 21 heavy (non-hydrogen) atoms. The summed E-state index contributed by atoms with van der Waals surface area (Å²) in [5.74, 6) is -0.551. The number of esters is 1. The molecule has 5 nitrogen and oxygen atoms in total. The Morgan fingerprint density at radius 3 is 2.90 bits per heavy atom. The van der Waals surface area contributed by atoms with E-state index < -0.39 is 5.97 Å². The van der Waals surface area contributed by atoms with Crippen molar-refractivity contribution in [2.75, 3.05) is 20.3 Å². The third-order valence-corrected chi connectivity index (χ3v) is 3.59. The lowest BCUT2D eigenvalue weighted by Crippen LogP contribution is -2.14. The maximum atomic E-state index is 12.1. The van der Waals surface area contributed by atoms with Gasteiger partial charge in [-0.15, -0.1) is 0 Å². The van der Waals surface area contributed by atoms with Gasteiger partial charge in [-0.2, -0.15) is 0 Å². The monoisotopic (exact) mass is 285 g/mol. The van der Waals surface area contributed by atoms with Crippen molar-refractivity contribution in [1.82, 2.24) is 4.98 Å². The number of methoxy groups -OCH3 is 1. The molecule has 0 fully saturated rings. The predicted octanol–water partition coefficient (Wildman–Crippen LogP) is 2.12. The fraction of sp³-hybridized carbons (Fsp3) is 0.250. The highest BCUT2D eigenvalue weighted by molar-refractivity contribution is 5.93. The quantitative estimate of drug-likeness (QED) is 0.858. The number of aromatic amines is 1. The van der Waals surface area contributed by atoms with Crippen LogP contribution >= 0.6 is 0 Å². The molecule has 3 rings (SSSR count). The molecular formula is C16H15NO4. The van der Waals surface area contributed by atoms with Gasteiger partial charge in [-0.25, -0.2) is 4.79 Å². The van der Waals surface area contributed by atoms with Gasteiger partial charge in [-0.1, -0.05) is 18.2 Å². The first-order chi connectivity index (χ1) is 10.2. The SMILES string of the molecule is COC(=O)c1cc2ccc(C3=CCOCC3)cc2c(=O)[nH]1. The Bertz CT molecular complexity index is 788. The molecule has 0 atom stereocenters. The summed E-state index contributed by atoms with van der Waals surface area (Å²) in [4.78, 5) is 26.2. The minimum Gasteiger partial charge on any atom is -0.464 e. The number of ether oxygens (including phenoxy) is 2. The van der Waals surface area contributed by atoms with Crippen LogP contribution in [0.1, 0.15) is 22.5 Å². The smallest absolute Gasteiger partial charge is 0.354 e. The number of H-pyrrole nitrogens is 1. The molecule has 0 saturated carbocycles. The second-order valence-electron chi connectivity index (χ2n) is 4.86. The molecule has 0 spiro atoms. The molecule has 0 bridgehead atoms. The van der Waals surface area contributed by atoms with Gasteiger partial charge in [0.25, 0.3) is 5.56 Å². The third kappa shape index (κ3) is 2.60. The van der Waals surface area contributed by atoms with E-state index in [0.717, 1.165) is 17.4 Å².